The van der Waals surface area contributed by atoms with Gasteiger partial charge in [0.15, 0.2) is 11.5 Å². The number of carbonyl (C=O) groups excluding carboxylic acids is 7. The van der Waals surface area contributed by atoms with Gasteiger partial charge in [0.1, 0.15) is 31.8 Å². The van der Waals surface area contributed by atoms with Crippen LogP contribution in [0.3, 0.4) is 0 Å². The fourth-order valence-electron chi connectivity index (χ4n) is 7.95. The molecule has 8 rings (SSSR count). The van der Waals surface area contributed by atoms with Crippen LogP contribution in [-0.2, 0) is 44.7 Å². The highest BCUT2D eigenvalue weighted by Gasteiger charge is 2.46. The molecular weight excluding hydrogens is 1120 g/mol. The minimum absolute atomic E-state index is 0.363. The highest BCUT2D eigenvalue weighted by atomic mass is 32.2. The Kier molecular flexibility index (Phi) is 14.3. The number of hydrogen-bond donors (Lipinski definition) is 0. The second-order valence-electron chi connectivity index (χ2n) is 15.3. The van der Waals surface area contributed by atoms with Crippen LogP contribution >= 0.6 is 0 Å². The summed E-state index contributed by atoms with van der Waals surface area (Å²) in [6.45, 7) is 0. The number of carbonyl (C=O) groups is 7. The Morgan fingerprint density at radius 2 is 0.713 bits per heavy atom. The van der Waals surface area contributed by atoms with Gasteiger partial charge in [0, 0.05) is 85.5 Å². The molecule has 5 aromatic rings. The predicted octanol–water partition coefficient (Wildman–Crippen LogP) is 9.20. The van der Waals surface area contributed by atoms with Crippen molar-refractivity contribution in [2.45, 2.75) is 0 Å². The van der Waals surface area contributed by atoms with Crippen LogP contribution in [0, 0.1) is 0 Å². The molecule has 0 aromatic heterocycles. The Labute approximate surface area is 441 Å². The number of azide groups is 6. The van der Waals surface area contributed by atoms with Gasteiger partial charge in [0.05, 0.1) is 5.56 Å². The summed E-state index contributed by atoms with van der Waals surface area (Å²) in [5.74, 6) is -17.3. The molecule has 80 heavy (non-hydrogen) atoms. The number of fused-ring (bicyclic) bond motifs is 3. The Hall–Kier alpha value is -11.9. The lowest BCUT2D eigenvalue weighted by Gasteiger charge is -2.25. The normalized spacial score (nSPS) is 13.8. The maximum absolute atomic E-state index is 15.3. The highest BCUT2D eigenvalue weighted by Crippen LogP contribution is 2.51. The maximum atomic E-state index is 15.3. The van der Waals surface area contributed by atoms with E-state index in [4.69, 9.17) is 12.5 Å². The first kappa shape index (κ1) is 54.4. The molecule has 3 aliphatic rings. The first-order valence-electron chi connectivity index (χ1n) is 20.9. The van der Waals surface area contributed by atoms with Crippen LogP contribution in [0.4, 0.5) is 17.1 Å². The Morgan fingerprint density at radius 3 is 1.06 bits per heavy atom. The Balaban J connectivity index is 1.53. The van der Waals surface area contributed by atoms with E-state index < -0.39 is 181 Å². The second kappa shape index (κ2) is 21.0. The van der Waals surface area contributed by atoms with E-state index in [1.54, 1.807) is 0 Å². The summed E-state index contributed by atoms with van der Waals surface area (Å²) in [4.78, 5) is 106. The van der Waals surface area contributed by atoms with Crippen molar-refractivity contribution >= 4 is 103 Å². The minimum atomic E-state index is -6.40. The first-order chi connectivity index (χ1) is 38.1. The van der Waals surface area contributed by atoms with E-state index >= 15 is 16.8 Å². The summed E-state index contributed by atoms with van der Waals surface area (Å²) in [7, 11) is -18.9. The third-order valence-corrected chi connectivity index (χ3v) is 14.9. The molecule has 0 fully saturated rings. The van der Waals surface area contributed by atoms with Gasteiger partial charge in [-0.15, -0.1) is 0 Å². The first-order valence-corrected chi connectivity index (χ1v) is 25.2. The molecule has 0 radical (unpaired) electrons. The van der Waals surface area contributed by atoms with Crippen LogP contribution in [0.5, 0.6) is 17.2 Å². The van der Waals surface area contributed by atoms with Crippen LogP contribution in [-0.4, -0.2) is 65.7 Å². The molecule has 0 bridgehead atoms. The van der Waals surface area contributed by atoms with Crippen LogP contribution in [0.15, 0.2) is 145 Å². The van der Waals surface area contributed by atoms with Crippen LogP contribution in [0.2, 0.25) is 0 Å². The Morgan fingerprint density at radius 1 is 0.375 bits per heavy atom. The smallest absolute Gasteiger partial charge is 0.340 e. The molecule has 3 aliphatic carbocycles. The van der Waals surface area contributed by atoms with Crippen molar-refractivity contribution in [3.8, 4) is 17.2 Å². The third kappa shape index (κ3) is 9.25. The molecule has 0 saturated carbocycles. The standard InChI is InChI=1S/C43H16N18O16S3/c44-56-50-22-12-4-9-18-26(22)41(29(53-59-47)36(66)33(18)63)78(69,70)75-25-16-15-21(32(62)17-7-2-1-3-8-17)39(76-79(71,72)42-27-19(10-5-13-23(27)51-57-45)34(64)37(67)30(42)54-60-48)40(25)77-80(73,74)43-28-20(11-6-14-24(28)52-58-46)35(65)38(68)31(43)55-61-49/h1-16H. The predicted molar refractivity (Wildman–Crippen MR) is 267 cm³/mol. The van der Waals surface area contributed by atoms with E-state index in [0.717, 1.165) is 66.7 Å². The van der Waals surface area contributed by atoms with Crippen molar-refractivity contribution < 1.29 is 71.4 Å². The van der Waals surface area contributed by atoms with E-state index in [1.807, 2.05) is 0 Å². The van der Waals surface area contributed by atoms with Crippen molar-refractivity contribution in [2.75, 3.05) is 0 Å². The van der Waals surface area contributed by atoms with Crippen molar-refractivity contribution in [1.82, 2.24) is 0 Å². The third-order valence-electron chi connectivity index (χ3n) is 11.0. The number of Topliss-reactive ketones (excluding diaryl/α,β-unsaturated/α-hetero) is 6. The van der Waals surface area contributed by atoms with Crippen LogP contribution in [0.25, 0.3) is 77.4 Å². The topological polar surface area (TPSA) is 542 Å². The summed E-state index contributed by atoms with van der Waals surface area (Å²) in [6.07, 6.45) is 0. The average molecular weight is 1140 g/mol. The fraction of sp³-hybridized carbons (Fsp3) is 0. The van der Waals surface area contributed by atoms with E-state index in [0.29, 0.717) is 12.1 Å². The Bertz CT molecular complexity index is 4610. The van der Waals surface area contributed by atoms with Gasteiger partial charge in [-0.05, 0) is 45.3 Å². The van der Waals surface area contributed by atoms with Crippen molar-refractivity contribution in [3.05, 3.63) is 221 Å². The van der Waals surface area contributed by atoms with Gasteiger partial charge in [-0.1, -0.05) is 116 Å². The number of hydrogen-bond acceptors (Lipinski definition) is 22. The monoisotopic (exact) mass is 1140 g/mol. The largest absolute Gasteiger partial charge is 0.375 e. The van der Waals surface area contributed by atoms with E-state index in [-0.39, 0.29) is 0 Å². The lowest BCUT2D eigenvalue weighted by atomic mass is 9.92. The number of rotatable bonds is 17. The van der Waals surface area contributed by atoms with Crippen molar-refractivity contribution in [3.63, 3.8) is 0 Å². The van der Waals surface area contributed by atoms with E-state index in [1.165, 1.54) is 18.2 Å². The SMILES string of the molecule is [N-]=[N+]=NC1=C(S(=O)(=O)Oc2ccc(C(=O)c3ccccc3)c(OS(=O)(=O)C3=C(N=[N+]=[N-])C(=O)C(=O)c4cccc(N=[N+]=[N-])c43)c2OS(=O)(=O)C2=C(N=[N+]=[N-])C(=O)C(=O)c3cccc(N=[N+]=[N-])c32)c2c(N=[N+]=[N-])cccc2C(=O)C1=O. The summed E-state index contributed by atoms with van der Waals surface area (Å²) < 4.78 is 107. The van der Waals surface area contributed by atoms with Crippen molar-refractivity contribution in [2.24, 2.45) is 30.7 Å². The minimum Gasteiger partial charge on any atom is -0.375 e. The molecule has 0 spiro atoms. The molecule has 34 nitrogen and oxygen atoms in total. The summed E-state index contributed by atoms with van der Waals surface area (Å²) in [6, 6.07) is 15.1. The zero-order valence-electron chi connectivity index (χ0n) is 38.5. The van der Waals surface area contributed by atoms with Gasteiger partial charge in [-0.3, -0.25) is 33.6 Å². The number of benzene rings is 5. The summed E-state index contributed by atoms with van der Waals surface area (Å²) in [5, 5.41) is 19.2. The van der Waals surface area contributed by atoms with Gasteiger partial charge >= 0.3 is 30.4 Å². The molecule has 0 N–H and O–H groups in total. The van der Waals surface area contributed by atoms with Gasteiger partial charge in [0.25, 0.3) is 0 Å². The zero-order chi connectivity index (χ0) is 58.0. The molecule has 0 aliphatic heterocycles. The van der Waals surface area contributed by atoms with Gasteiger partial charge in [-0.2, -0.15) is 25.3 Å². The molecule has 0 amide bonds. The number of nitrogens with zero attached hydrogens (tertiary/aromatic N) is 18. The fourth-order valence-corrected chi connectivity index (χ4v) is 11.8. The maximum Gasteiger partial charge on any atom is 0.340 e. The lowest BCUT2D eigenvalue weighted by molar-refractivity contribution is -0.112. The molecule has 0 saturated heterocycles. The molecule has 0 atom stereocenters. The average Bonchev–Trinajstić information content (AvgIpc) is 3.63. The quantitative estimate of drug-likeness (QED) is 0.0209. The molecule has 0 unspecified atom stereocenters. The number of ketones is 7. The van der Waals surface area contributed by atoms with Crippen LogP contribution in [0.1, 0.15) is 63.7 Å². The van der Waals surface area contributed by atoms with E-state index in [9.17, 15) is 75.2 Å². The van der Waals surface area contributed by atoms with Crippen LogP contribution < -0.4 is 12.5 Å². The zero-order valence-corrected chi connectivity index (χ0v) is 41.0. The molecule has 5 aromatic carbocycles. The highest BCUT2D eigenvalue weighted by molar-refractivity contribution is 7.97. The van der Waals surface area contributed by atoms with Gasteiger partial charge in [-0.25, -0.2) is 0 Å². The number of allylic oxidation sites excluding steroid dienone is 3. The molecular formula is C43H16N18O16S3. The molecule has 37 heteroatoms. The van der Waals surface area contributed by atoms with Gasteiger partial charge in [0.2, 0.25) is 46.2 Å². The summed E-state index contributed by atoms with van der Waals surface area (Å²) >= 11 is 0. The molecule has 392 valence electrons. The summed E-state index contributed by atoms with van der Waals surface area (Å²) in [5.41, 5.74) is 42.4. The van der Waals surface area contributed by atoms with Gasteiger partial charge < -0.3 is 12.5 Å². The molecule has 0 heterocycles. The van der Waals surface area contributed by atoms with E-state index in [2.05, 4.69) is 60.2 Å². The lowest BCUT2D eigenvalue weighted by Crippen LogP contribution is -2.29. The van der Waals surface area contributed by atoms with Crippen molar-refractivity contribution in [1.29, 1.82) is 0 Å². The second-order valence-corrected chi connectivity index (χ2v) is 19.8.